The number of rotatable bonds is 4. The predicted molar refractivity (Wildman–Crippen MR) is 117 cm³/mol. The van der Waals surface area contributed by atoms with Gasteiger partial charge in [-0.15, -0.1) is 9.50 Å². The third kappa shape index (κ3) is 3.30. The molecule has 1 aromatic carbocycles. The number of nitrogens with two attached hydrogens (primary N) is 1. The summed E-state index contributed by atoms with van der Waals surface area (Å²) in [6, 6.07) is 10.4. The highest BCUT2D eigenvalue weighted by Gasteiger charge is 2.27. The molecule has 0 fully saturated rings. The van der Waals surface area contributed by atoms with Crippen molar-refractivity contribution < 1.29 is 13.8 Å². The molecule has 0 saturated heterocycles. The summed E-state index contributed by atoms with van der Waals surface area (Å²) < 4.78 is 23.2. The molecular weight excluding hydrogens is 429 g/mol. The van der Waals surface area contributed by atoms with E-state index in [2.05, 4.69) is 15.1 Å². The van der Waals surface area contributed by atoms with Crippen LogP contribution in [0, 0.1) is 12.7 Å². The van der Waals surface area contributed by atoms with Crippen LogP contribution in [0.25, 0.3) is 28.0 Å². The minimum atomic E-state index is -0.927. The Morgan fingerprint density at radius 1 is 1.18 bits per heavy atom. The highest BCUT2D eigenvalue weighted by molar-refractivity contribution is 5.88. The Morgan fingerprint density at radius 2 is 1.94 bits per heavy atom. The molecule has 0 aliphatic heterocycles. The summed E-state index contributed by atoms with van der Waals surface area (Å²) in [6.07, 6.45) is 2.78. The molecule has 0 radical (unpaired) electrons. The number of H-pyrrole nitrogens is 1. The van der Waals surface area contributed by atoms with Crippen LogP contribution >= 0.6 is 0 Å². The normalized spacial score (nSPS) is 11.4. The van der Waals surface area contributed by atoms with Crippen molar-refractivity contribution in [2.24, 2.45) is 7.05 Å². The fourth-order valence-electron chi connectivity index (χ4n) is 3.77. The second kappa shape index (κ2) is 7.55. The van der Waals surface area contributed by atoms with Crippen LogP contribution in [0.3, 0.4) is 0 Å². The van der Waals surface area contributed by atoms with Crippen LogP contribution in [0.1, 0.15) is 11.5 Å². The van der Waals surface area contributed by atoms with Gasteiger partial charge in [-0.2, -0.15) is 4.68 Å². The van der Waals surface area contributed by atoms with Gasteiger partial charge >= 0.3 is 11.6 Å². The van der Waals surface area contributed by atoms with E-state index in [0.717, 1.165) is 16.2 Å². The summed E-state index contributed by atoms with van der Waals surface area (Å²) in [7, 11) is 1.45. The van der Waals surface area contributed by atoms with Gasteiger partial charge in [-0.3, -0.25) is 10.5 Å². The van der Waals surface area contributed by atoms with Crippen molar-refractivity contribution in [3.05, 3.63) is 87.1 Å². The molecule has 10 nitrogen and oxygen atoms in total. The molecule has 0 aliphatic carbocycles. The van der Waals surface area contributed by atoms with Crippen LogP contribution in [0.2, 0.25) is 0 Å². The van der Waals surface area contributed by atoms with Gasteiger partial charge < -0.3 is 8.98 Å². The summed E-state index contributed by atoms with van der Waals surface area (Å²) >= 11 is 0. The van der Waals surface area contributed by atoms with Gasteiger partial charge in [0.15, 0.2) is 12.2 Å². The maximum Gasteiger partial charge on any atom is 0.411 e. The van der Waals surface area contributed by atoms with E-state index < -0.39 is 17.1 Å². The number of fused-ring (bicyclic) bond motifs is 1. The molecule has 4 heterocycles. The third-order valence-corrected chi connectivity index (χ3v) is 5.44. The summed E-state index contributed by atoms with van der Waals surface area (Å²) in [5.74, 6) is -0.321. The maximum atomic E-state index is 14.4. The smallest absolute Gasteiger partial charge is 0.411 e. The number of nitrogens with one attached hydrogen (secondary N) is 1. The Bertz CT molecular complexity index is 1600. The molecule has 0 bridgehead atoms. The van der Waals surface area contributed by atoms with Crippen molar-refractivity contribution in [2.45, 2.75) is 13.5 Å². The van der Waals surface area contributed by atoms with E-state index in [1.54, 1.807) is 6.92 Å². The lowest BCUT2D eigenvalue weighted by Crippen LogP contribution is -2.28. The Morgan fingerprint density at radius 3 is 2.61 bits per heavy atom. The van der Waals surface area contributed by atoms with Gasteiger partial charge in [0.05, 0.1) is 12.1 Å². The van der Waals surface area contributed by atoms with Gasteiger partial charge in [-0.25, -0.2) is 19.2 Å². The second-order valence-corrected chi connectivity index (χ2v) is 7.57. The zero-order valence-corrected chi connectivity index (χ0v) is 17.7. The van der Waals surface area contributed by atoms with Crippen LogP contribution < -0.4 is 22.0 Å². The van der Waals surface area contributed by atoms with E-state index in [1.807, 2.05) is 30.3 Å². The van der Waals surface area contributed by atoms with Gasteiger partial charge in [0, 0.05) is 24.4 Å². The highest BCUT2D eigenvalue weighted by atomic mass is 19.1. The van der Waals surface area contributed by atoms with Crippen LogP contribution in [-0.2, 0) is 13.6 Å². The van der Waals surface area contributed by atoms with Gasteiger partial charge in [0.25, 0.3) is 5.56 Å². The Hall–Kier alpha value is -4.54. The van der Waals surface area contributed by atoms with Crippen molar-refractivity contribution in [2.75, 3.05) is 5.73 Å². The standard InChI is InChI=1S/C22H18FN7O3/c1-12-16(25-11-33-12)10-29-22(32)30-19(27-29)17(14-8-15(23)20(31)28(2)9-14)18(26-21(30)24)13-6-4-3-5-7-13/h3-9,11H,10H2,1-2H3,(H2,24,26)/p+1. The number of nitrogens with zero attached hydrogens (tertiary/aromatic N) is 5. The number of anilines is 1. The first-order valence-electron chi connectivity index (χ1n) is 10.0. The molecule has 0 spiro atoms. The van der Waals surface area contributed by atoms with Crippen molar-refractivity contribution in [1.29, 1.82) is 0 Å². The Balaban J connectivity index is 1.86. The first-order valence-corrected chi connectivity index (χ1v) is 10.0. The average molecular weight is 448 g/mol. The molecular formula is C22H19FN7O3+. The number of benzene rings is 1. The molecule has 166 valence electrons. The van der Waals surface area contributed by atoms with Crippen molar-refractivity contribution in [1.82, 2.24) is 23.7 Å². The van der Waals surface area contributed by atoms with Crippen LogP contribution in [-0.4, -0.2) is 23.7 Å². The lowest BCUT2D eigenvalue weighted by molar-refractivity contribution is -0.351. The maximum absolute atomic E-state index is 14.4. The number of oxazole rings is 1. The fraction of sp³-hybridized carbons (Fsp3) is 0.136. The Kier molecular flexibility index (Phi) is 4.66. The quantitative estimate of drug-likeness (QED) is 0.443. The fourth-order valence-corrected chi connectivity index (χ4v) is 3.77. The number of nitrogen functional groups attached to an aromatic ring is 1. The molecule has 11 heteroatoms. The summed E-state index contributed by atoms with van der Waals surface area (Å²) in [5.41, 5.74) is 7.74. The molecule has 5 aromatic rings. The van der Waals surface area contributed by atoms with Gasteiger partial charge in [0.2, 0.25) is 5.65 Å². The monoisotopic (exact) mass is 448 g/mol. The minimum Gasteiger partial charge on any atom is -0.448 e. The second-order valence-electron chi connectivity index (χ2n) is 7.57. The minimum absolute atomic E-state index is 0.0472. The molecule has 0 unspecified atom stereocenters. The number of hydrogen-bond acceptors (Lipinski definition) is 6. The molecule has 0 aliphatic rings. The summed E-state index contributed by atoms with van der Waals surface area (Å²) in [5, 5.41) is 4.51. The predicted octanol–water partition coefficient (Wildman–Crippen LogP) is 1.41. The van der Waals surface area contributed by atoms with E-state index in [1.165, 1.54) is 28.7 Å². The van der Waals surface area contributed by atoms with Crippen LogP contribution in [0.5, 0.6) is 0 Å². The number of hydrogen-bond donors (Lipinski definition) is 1. The van der Waals surface area contributed by atoms with Crippen molar-refractivity contribution >= 4 is 11.6 Å². The largest absolute Gasteiger partial charge is 0.448 e. The zero-order chi connectivity index (χ0) is 23.3. The number of aromatic nitrogens is 6. The molecule has 33 heavy (non-hydrogen) atoms. The van der Waals surface area contributed by atoms with E-state index in [-0.39, 0.29) is 18.1 Å². The topological polar surface area (TPSA) is 127 Å². The molecule has 0 atom stereocenters. The molecule has 5 rings (SSSR count). The van der Waals surface area contributed by atoms with Crippen LogP contribution in [0.15, 0.2) is 63.0 Å². The highest BCUT2D eigenvalue weighted by Crippen LogP contribution is 2.32. The van der Waals surface area contributed by atoms with Crippen molar-refractivity contribution in [3.63, 3.8) is 0 Å². The molecule has 0 amide bonds. The summed E-state index contributed by atoms with van der Waals surface area (Å²) in [4.78, 5) is 32.3. The lowest BCUT2D eigenvalue weighted by atomic mass is 10.0. The van der Waals surface area contributed by atoms with E-state index in [4.69, 9.17) is 10.2 Å². The zero-order valence-electron chi connectivity index (χ0n) is 17.7. The number of halogens is 1. The Labute approximate surface area is 185 Å². The molecule has 0 saturated carbocycles. The van der Waals surface area contributed by atoms with Gasteiger partial charge in [0.1, 0.15) is 17.1 Å². The van der Waals surface area contributed by atoms with Crippen molar-refractivity contribution in [3.8, 4) is 22.4 Å². The first kappa shape index (κ1) is 20.4. The van der Waals surface area contributed by atoms with Gasteiger partial charge in [-0.1, -0.05) is 30.3 Å². The summed E-state index contributed by atoms with van der Waals surface area (Å²) in [6.45, 7) is 1.79. The number of aromatic amines is 1. The molecule has 4 aromatic heterocycles. The van der Waals surface area contributed by atoms with Gasteiger partial charge in [-0.05, 0) is 13.0 Å². The average Bonchev–Trinajstić information content (AvgIpc) is 3.35. The van der Waals surface area contributed by atoms with E-state index >= 15 is 0 Å². The lowest BCUT2D eigenvalue weighted by Gasteiger charge is -2.10. The number of aryl methyl sites for hydroxylation is 2. The SMILES string of the molecule is Cc1ocnc1Cn1nc2c(-c3cc(F)c(=O)n(C)c3)c(-c3ccccc3)[nH+]c(N)n2c1=O. The molecule has 3 N–H and O–H groups in total. The number of pyridine rings is 1. The first-order chi connectivity index (χ1) is 15.8. The van der Waals surface area contributed by atoms with Crippen LogP contribution in [0.4, 0.5) is 10.3 Å². The van der Waals surface area contributed by atoms with E-state index in [0.29, 0.717) is 28.3 Å². The third-order valence-electron chi connectivity index (χ3n) is 5.44. The van der Waals surface area contributed by atoms with E-state index in [9.17, 15) is 14.0 Å².